The van der Waals surface area contributed by atoms with Crippen LogP contribution in [0.2, 0.25) is 0 Å². The Hall–Kier alpha value is -1.69. The van der Waals surface area contributed by atoms with E-state index in [0.717, 1.165) is 6.08 Å². The van der Waals surface area contributed by atoms with Crippen molar-refractivity contribution in [2.45, 2.75) is 51.6 Å². The van der Waals surface area contributed by atoms with Gasteiger partial charge in [0.05, 0.1) is 0 Å². The number of hydrogen-bond acceptors (Lipinski definition) is 2. The van der Waals surface area contributed by atoms with E-state index >= 15 is 4.39 Å². The number of aldehydes is 1. The molecule has 0 heterocycles. The maximum Gasteiger partial charge on any atom is 0.400 e. The maximum atomic E-state index is 16.3. The van der Waals surface area contributed by atoms with Crippen molar-refractivity contribution >= 4 is 6.29 Å². The zero-order chi connectivity index (χ0) is 19.9. The zero-order valence-electron chi connectivity index (χ0n) is 15.2. The van der Waals surface area contributed by atoms with Gasteiger partial charge in [-0.05, 0) is 23.0 Å². The summed E-state index contributed by atoms with van der Waals surface area (Å²) in [5.74, 6) is -3.38. The van der Waals surface area contributed by atoms with E-state index in [4.69, 9.17) is 0 Å². The quantitative estimate of drug-likeness (QED) is 0.607. The molecule has 0 amide bonds. The highest BCUT2D eigenvalue weighted by Gasteiger charge is 2.70. The predicted molar refractivity (Wildman–Crippen MR) is 91.3 cm³/mol. The Morgan fingerprint density at radius 1 is 1.08 bits per heavy atom. The molecule has 0 saturated carbocycles. The Kier molecular flexibility index (Phi) is 5.39. The second-order valence-electron chi connectivity index (χ2n) is 7.58. The standard InChI is InChI=1S/C20H24F4O2/c1-12(2)18(20(22,23)24)10-15(11-25)16(14-8-6-5-7-9-14)19(21,13(3)4)17(18)26/h5-13,16-17,26H,1-4H3. The molecule has 0 aliphatic heterocycles. The highest BCUT2D eigenvalue weighted by Crippen LogP contribution is 2.60. The van der Waals surface area contributed by atoms with Gasteiger partial charge in [0.25, 0.3) is 0 Å². The van der Waals surface area contributed by atoms with Crippen LogP contribution in [0.25, 0.3) is 0 Å². The van der Waals surface area contributed by atoms with E-state index in [0.29, 0.717) is 5.56 Å². The highest BCUT2D eigenvalue weighted by molar-refractivity contribution is 5.78. The monoisotopic (exact) mass is 372 g/mol. The van der Waals surface area contributed by atoms with Crippen LogP contribution in [0.1, 0.15) is 39.2 Å². The van der Waals surface area contributed by atoms with Crippen molar-refractivity contribution in [2.75, 3.05) is 0 Å². The van der Waals surface area contributed by atoms with E-state index in [2.05, 4.69) is 0 Å². The van der Waals surface area contributed by atoms with Crippen LogP contribution in [0.15, 0.2) is 42.0 Å². The molecule has 2 rings (SSSR count). The van der Waals surface area contributed by atoms with Crippen molar-refractivity contribution in [1.29, 1.82) is 0 Å². The average Bonchev–Trinajstić information content (AvgIpc) is 2.56. The van der Waals surface area contributed by atoms with E-state index in [1.807, 2.05) is 0 Å². The summed E-state index contributed by atoms with van der Waals surface area (Å²) in [5.41, 5.74) is -5.43. The minimum atomic E-state index is -4.91. The van der Waals surface area contributed by atoms with Crippen LogP contribution < -0.4 is 0 Å². The van der Waals surface area contributed by atoms with Crippen molar-refractivity contribution in [3.63, 3.8) is 0 Å². The summed E-state index contributed by atoms with van der Waals surface area (Å²) < 4.78 is 58.5. The Labute approximate surface area is 150 Å². The molecule has 1 aliphatic carbocycles. The lowest BCUT2D eigenvalue weighted by atomic mass is 9.55. The third-order valence-corrected chi connectivity index (χ3v) is 5.65. The van der Waals surface area contributed by atoms with E-state index < -0.39 is 41.1 Å². The predicted octanol–water partition coefficient (Wildman–Crippen LogP) is 4.84. The van der Waals surface area contributed by atoms with E-state index in [-0.39, 0.29) is 11.9 Å². The molecule has 4 atom stereocenters. The van der Waals surface area contributed by atoms with Crippen LogP contribution in [-0.2, 0) is 4.79 Å². The largest absolute Gasteiger partial charge is 0.400 e. The number of carbonyl (C=O) groups excluding carboxylic acids is 1. The maximum absolute atomic E-state index is 16.3. The summed E-state index contributed by atoms with van der Waals surface area (Å²) in [5, 5.41) is 10.8. The Bertz CT molecular complexity index is 681. The van der Waals surface area contributed by atoms with Crippen LogP contribution in [0.5, 0.6) is 0 Å². The van der Waals surface area contributed by atoms with E-state index in [9.17, 15) is 23.1 Å². The molecule has 1 aromatic rings. The van der Waals surface area contributed by atoms with Gasteiger partial charge < -0.3 is 5.11 Å². The normalized spacial score (nSPS) is 32.7. The first-order valence-electron chi connectivity index (χ1n) is 8.61. The van der Waals surface area contributed by atoms with Crippen molar-refractivity contribution in [3.8, 4) is 0 Å². The number of halogens is 4. The summed E-state index contributed by atoms with van der Waals surface area (Å²) in [7, 11) is 0. The summed E-state index contributed by atoms with van der Waals surface area (Å²) in [6.07, 6.45) is -6.23. The first kappa shape index (κ1) is 20.6. The molecule has 1 aromatic carbocycles. The Morgan fingerprint density at radius 2 is 1.62 bits per heavy atom. The van der Waals surface area contributed by atoms with Crippen LogP contribution >= 0.6 is 0 Å². The van der Waals surface area contributed by atoms with Gasteiger partial charge in [-0.25, -0.2) is 4.39 Å². The molecule has 1 aliphatic rings. The molecule has 0 spiro atoms. The van der Waals surface area contributed by atoms with Gasteiger partial charge in [0.1, 0.15) is 17.8 Å². The smallest absolute Gasteiger partial charge is 0.388 e. The minimum absolute atomic E-state index is 0.281. The molecular formula is C20H24F4O2. The molecule has 4 unspecified atom stereocenters. The third kappa shape index (κ3) is 2.79. The first-order chi connectivity index (χ1) is 11.9. The van der Waals surface area contributed by atoms with Crippen LogP contribution in [-0.4, -0.2) is 29.3 Å². The van der Waals surface area contributed by atoms with E-state index in [1.165, 1.54) is 27.7 Å². The summed E-state index contributed by atoms with van der Waals surface area (Å²) in [6, 6.07) is 8.05. The highest BCUT2D eigenvalue weighted by atomic mass is 19.4. The molecule has 1 N–H and O–H groups in total. The Morgan fingerprint density at radius 3 is 2.00 bits per heavy atom. The van der Waals surface area contributed by atoms with Gasteiger partial charge in [-0.2, -0.15) is 13.2 Å². The number of rotatable bonds is 4. The van der Waals surface area contributed by atoms with E-state index in [1.54, 1.807) is 30.3 Å². The minimum Gasteiger partial charge on any atom is -0.388 e. The lowest BCUT2D eigenvalue weighted by Gasteiger charge is -2.54. The van der Waals surface area contributed by atoms with Gasteiger partial charge in [-0.3, -0.25) is 4.79 Å². The fraction of sp³-hybridized carbons (Fsp3) is 0.550. The second kappa shape index (κ2) is 6.80. The second-order valence-corrected chi connectivity index (χ2v) is 7.58. The molecule has 2 nitrogen and oxygen atoms in total. The summed E-state index contributed by atoms with van der Waals surface area (Å²) >= 11 is 0. The Balaban J connectivity index is 2.88. The number of allylic oxidation sites excluding steroid dienone is 1. The number of hydrogen-bond donors (Lipinski definition) is 1. The van der Waals surface area contributed by atoms with Crippen LogP contribution in [0.4, 0.5) is 17.6 Å². The van der Waals surface area contributed by atoms with Gasteiger partial charge in [0, 0.05) is 5.92 Å². The molecule has 0 radical (unpaired) electrons. The molecule has 6 heteroatoms. The molecular weight excluding hydrogens is 348 g/mol. The van der Waals surface area contributed by atoms with Crippen molar-refractivity contribution in [1.82, 2.24) is 0 Å². The lowest BCUT2D eigenvalue weighted by Crippen LogP contribution is -2.64. The van der Waals surface area contributed by atoms with Crippen molar-refractivity contribution in [2.24, 2.45) is 17.3 Å². The average molecular weight is 372 g/mol. The number of benzene rings is 1. The van der Waals surface area contributed by atoms with Crippen molar-refractivity contribution < 1.29 is 27.5 Å². The van der Waals surface area contributed by atoms with Gasteiger partial charge in [0.2, 0.25) is 0 Å². The number of alkyl halides is 4. The number of carbonyl (C=O) groups is 1. The van der Waals surface area contributed by atoms with Crippen molar-refractivity contribution in [3.05, 3.63) is 47.5 Å². The number of aliphatic hydroxyl groups excluding tert-OH is 1. The molecule has 0 saturated heterocycles. The fourth-order valence-corrected chi connectivity index (χ4v) is 4.11. The molecule has 0 aromatic heterocycles. The number of aliphatic hydroxyl groups is 1. The SMILES string of the molecule is CC(C)C1(F)C(c2ccccc2)C(C=O)=CC(C(C)C)(C(F)(F)F)C1O. The van der Waals surface area contributed by atoms with Gasteiger partial charge in [-0.1, -0.05) is 64.1 Å². The lowest BCUT2D eigenvalue weighted by molar-refractivity contribution is -0.278. The zero-order valence-corrected chi connectivity index (χ0v) is 15.2. The topological polar surface area (TPSA) is 37.3 Å². The van der Waals surface area contributed by atoms with Gasteiger partial charge in [0.15, 0.2) is 5.67 Å². The van der Waals surface area contributed by atoms with Gasteiger partial charge >= 0.3 is 6.18 Å². The third-order valence-electron chi connectivity index (χ3n) is 5.65. The molecule has 144 valence electrons. The van der Waals surface area contributed by atoms with Gasteiger partial charge in [-0.15, -0.1) is 0 Å². The first-order valence-corrected chi connectivity index (χ1v) is 8.61. The fourth-order valence-electron chi connectivity index (χ4n) is 4.11. The molecule has 0 fully saturated rings. The van der Waals surface area contributed by atoms with Crippen LogP contribution in [0.3, 0.4) is 0 Å². The van der Waals surface area contributed by atoms with Crippen LogP contribution in [0, 0.1) is 17.3 Å². The summed E-state index contributed by atoms with van der Waals surface area (Å²) in [4.78, 5) is 11.7. The molecule has 0 bridgehead atoms. The molecule has 26 heavy (non-hydrogen) atoms. The summed E-state index contributed by atoms with van der Waals surface area (Å²) in [6.45, 7) is 5.40.